The quantitative estimate of drug-likeness (QED) is 0.784. The van der Waals surface area contributed by atoms with Gasteiger partial charge < -0.3 is 5.43 Å². The van der Waals surface area contributed by atoms with E-state index in [1.165, 1.54) is 12.8 Å². The summed E-state index contributed by atoms with van der Waals surface area (Å²) in [6.45, 7) is 2.19. The van der Waals surface area contributed by atoms with Crippen molar-refractivity contribution in [1.29, 1.82) is 0 Å². The number of benzene rings is 1. The summed E-state index contributed by atoms with van der Waals surface area (Å²) in [5, 5.41) is 0. The van der Waals surface area contributed by atoms with Crippen molar-refractivity contribution >= 4 is 5.91 Å². The second-order valence-electron chi connectivity index (χ2n) is 4.51. The van der Waals surface area contributed by atoms with Gasteiger partial charge in [0.05, 0.1) is 0 Å². The highest BCUT2D eigenvalue weighted by atomic mass is 16.2. The molecule has 0 heterocycles. The molecular formula is C14H18N2O. The molecule has 0 bridgehead atoms. The molecule has 90 valence electrons. The Morgan fingerprint density at radius 3 is 2.76 bits per heavy atom. The molecule has 1 atom stereocenters. The molecule has 0 aliphatic heterocycles. The molecule has 1 aromatic rings. The van der Waals surface area contributed by atoms with Crippen LogP contribution in [0.1, 0.15) is 36.5 Å². The number of rotatable bonds is 3. The maximum absolute atomic E-state index is 11.8. The lowest BCUT2D eigenvalue weighted by atomic mass is 9.96. The van der Waals surface area contributed by atoms with Crippen molar-refractivity contribution in [2.75, 3.05) is 0 Å². The van der Waals surface area contributed by atoms with Gasteiger partial charge in [0.25, 0.3) is 5.91 Å². The second-order valence-corrected chi connectivity index (χ2v) is 4.51. The molecule has 2 rings (SSSR count). The SMILES string of the molecule is C[C@H]1C=C(NNC(=O)c2ccccc2)CCC1. The summed E-state index contributed by atoms with van der Waals surface area (Å²) in [4.78, 5) is 11.8. The van der Waals surface area contributed by atoms with Gasteiger partial charge in [-0.2, -0.15) is 0 Å². The zero-order valence-corrected chi connectivity index (χ0v) is 10.1. The molecule has 1 aliphatic rings. The smallest absolute Gasteiger partial charge is 0.269 e. The standard InChI is InChI=1S/C14H18N2O/c1-11-6-5-9-13(10-11)15-16-14(17)12-7-3-2-4-8-12/h2-4,7-8,10-11,15H,5-6,9H2,1H3,(H,16,17)/t11-/m1/s1. The van der Waals surface area contributed by atoms with Crippen molar-refractivity contribution in [3.05, 3.63) is 47.7 Å². The third-order valence-corrected chi connectivity index (χ3v) is 2.96. The van der Waals surface area contributed by atoms with Crippen LogP contribution in [-0.2, 0) is 0 Å². The minimum absolute atomic E-state index is 0.0928. The van der Waals surface area contributed by atoms with E-state index >= 15 is 0 Å². The van der Waals surface area contributed by atoms with Gasteiger partial charge in [0.2, 0.25) is 0 Å². The normalized spacial score (nSPS) is 19.4. The van der Waals surface area contributed by atoms with Gasteiger partial charge in [-0.15, -0.1) is 0 Å². The van der Waals surface area contributed by atoms with Gasteiger partial charge >= 0.3 is 0 Å². The summed E-state index contributed by atoms with van der Waals surface area (Å²) >= 11 is 0. The number of carbonyl (C=O) groups is 1. The van der Waals surface area contributed by atoms with Gasteiger partial charge in [-0.3, -0.25) is 10.2 Å². The van der Waals surface area contributed by atoms with Gasteiger partial charge in [0.1, 0.15) is 0 Å². The van der Waals surface area contributed by atoms with E-state index in [0.29, 0.717) is 11.5 Å². The largest absolute Gasteiger partial charge is 0.303 e. The third kappa shape index (κ3) is 3.34. The maximum atomic E-state index is 11.8. The first-order valence-electron chi connectivity index (χ1n) is 6.08. The molecule has 1 aliphatic carbocycles. The van der Waals surface area contributed by atoms with Crippen LogP contribution in [-0.4, -0.2) is 5.91 Å². The molecular weight excluding hydrogens is 212 g/mol. The lowest BCUT2D eigenvalue weighted by molar-refractivity contribution is 0.0937. The Kier molecular flexibility index (Phi) is 3.81. The Morgan fingerprint density at radius 1 is 1.29 bits per heavy atom. The lowest BCUT2D eigenvalue weighted by Gasteiger charge is -2.19. The molecule has 1 aromatic carbocycles. The van der Waals surface area contributed by atoms with Crippen LogP contribution in [0.2, 0.25) is 0 Å². The molecule has 17 heavy (non-hydrogen) atoms. The van der Waals surface area contributed by atoms with Crippen molar-refractivity contribution < 1.29 is 4.79 Å². The fraction of sp³-hybridized carbons (Fsp3) is 0.357. The molecule has 3 nitrogen and oxygen atoms in total. The predicted molar refractivity (Wildman–Crippen MR) is 68.1 cm³/mol. The summed E-state index contributed by atoms with van der Waals surface area (Å²) in [6, 6.07) is 9.22. The number of hydrogen-bond acceptors (Lipinski definition) is 2. The fourth-order valence-corrected chi connectivity index (χ4v) is 2.03. The van der Waals surface area contributed by atoms with Gasteiger partial charge in [0, 0.05) is 11.3 Å². The molecule has 2 N–H and O–H groups in total. The average Bonchev–Trinajstić information content (AvgIpc) is 2.37. The van der Waals surface area contributed by atoms with E-state index in [2.05, 4.69) is 23.9 Å². The van der Waals surface area contributed by atoms with Gasteiger partial charge in [-0.05, 0) is 37.3 Å². The van der Waals surface area contributed by atoms with Gasteiger partial charge in [-0.25, -0.2) is 0 Å². The van der Waals surface area contributed by atoms with Crippen LogP contribution in [0.3, 0.4) is 0 Å². The zero-order chi connectivity index (χ0) is 12.1. The molecule has 0 spiro atoms. The first-order valence-corrected chi connectivity index (χ1v) is 6.08. The average molecular weight is 230 g/mol. The number of allylic oxidation sites excluding steroid dienone is 2. The Morgan fingerprint density at radius 2 is 2.06 bits per heavy atom. The van der Waals surface area contributed by atoms with E-state index in [-0.39, 0.29) is 5.91 Å². The van der Waals surface area contributed by atoms with E-state index in [4.69, 9.17) is 0 Å². The Hall–Kier alpha value is -1.77. The first-order chi connectivity index (χ1) is 8.25. The van der Waals surface area contributed by atoms with Crippen LogP contribution in [0.4, 0.5) is 0 Å². The van der Waals surface area contributed by atoms with Crippen LogP contribution < -0.4 is 10.9 Å². The number of carbonyl (C=O) groups excluding carboxylic acids is 1. The van der Waals surface area contributed by atoms with E-state index < -0.39 is 0 Å². The highest BCUT2D eigenvalue weighted by Crippen LogP contribution is 2.19. The molecule has 3 heteroatoms. The van der Waals surface area contributed by atoms with Crippen molar-refractivity contribution in [3.8, 4) is 0 Å². The van der Waals surface area contributed by atoms with Crippen molar-refractivity contribution in [3.63, 3.8) is 0 Å². The lowest BCUT2D eigenvalue weighted by Crippen LogP contribution is -2.37. The van der Waals surface area contributed by atoms with E-state index in [1.807, 2.05) is 18.2 Å². The second kappa shape index (κ2) is 5.53. The summed E-state index contributed by atoms with van der Waals surface area (Å²) < 4.78 is 0. The van der Waals surface area contributed by atoms with E-state index in [0.717, 1.165) is 12.1 Å². The molecule has 0 unspecified atom stereocenters. The first kappa shape index (κ1) is 11.7. The number of hydrogen-bond donors (Lipinski definition) is 2. The van der Waals surface area contributed by atoms with Gasteiger partial charge in [-0.1, -0.05) is 31.2 Å². The van der Waals surface area contributed by atoms with Crippen molar-refractivity contribution in [1.82, 2.24) is 10.9 Å². The highest BCUT2D eigenvalue weighted by molar-refractivity contribution is 5.93. The Bertz CT molecular complexity index is 411. The number of hydrazine groups is 1. The number of amides is 1. The van der Waals surface area contributed by atoms with Gasteiger partial charge in [0.15, 0.2) is 0 Å². The predicted octanol–water partition coefficient (Wildman–Crippen LogP) is 2.62. The molecule has 0 aromatic heterocycles. The Balaban J connectivity index is 1.88. The minimum Gasteiger partial charge on any atom is -0.303 e. The highest BCUT2D eigenvalue weighted by Gasteiger charge is 2.10. The topological polar surface area (TPSA) is 41.1 Å². The van der Waals surface area contributed by atoms with E-state index in [9.17, 15) is 4.79 Å². The zero-order valence-electron chi connectivity index (χ0n) is 10.1. The van der Waals surface area contributed by atoms with Crippen molar-refractivity contribution in [2.24, 2.45) is 5.92 Å². The van der Waals surface area contributed by atoms with E-state index in [1.54, 1.807) is 12.1 Å². The van der Waals surface area contributed by atoms with Crippen LogP contribution in [0.25, 0.3) is 0 Å². The number of nitrogens with one attached hydrogen (secondary N) is 2. The summed E-state index contributed by atoms with van der Waals surface area (Å²) in [6.07, 6.45) is 5.62. The van der Waals surface area contributed by atoms with Crippen molar-refractivity contribution in [2.45, 2.75) is 26.2 Å². The Labute approximate surface area is 102 Å². The molecule has 0 radical (unpaired) electrons. The molecule has 0 saturated carbocycles. The van der Waals surface area contributed by atoms with Crippen LogP contribution in [0, 0.1) is 5.92 Å². The summed E-state index contributed by atoms with van der Waals surface area (Å²) in [5.74, 6) is 0.504. The monoisotopic (exact) mass is 230 g/mol. The fourth-order valence-electron chi connectivity index (χ4n) is 2.03. The van der Waals surface area contributed by atoms with Crippen LogP contribution >= 0.6 is 0 Å². The summed E-state index contributed by atoms with van der Waals surface area (Å²) in [7, 11) is 0. The molecule has 0 fully saturated rings. The molecule has 1 amide bonds. The van der Waals surface area contributed by atoms with Crippen LogP contribution in [0.15, 0.2) is 42.1 Å². The maximum Gasteiger partial charge on any atom is 0.269 e. The minimum atomic E-state index is -0.0928. The third-order valence-electron chi connectivity index (χ3n) is 2.96. The summed E-state index contributed by atoms with van der Waals surface area (Å²) in [5.41, 5.74) is 7.53. The molecule has 0 saturated heterocycles. The van der Waals surface area contributed by atoms with Crippen LogP contribution in [0.5, 0.6) is 0 Å².